The van der Waals surface area contributed by atoms with Crippen molar-refractivity contribution < 1.29 is 47.5 Å². The highest BCUT2D eigenvalue weighted by atomic mass is 79.9. The molecule has 1 aromatic heterocycles. The van der Waals surface area contributed by atoms with Crippen molar-refractivity contribution in [2.45, 2.75) is 55.9 Å². The fourth-order valence-electron chi connectivity index (χ4n) is 5.61. The molecule has 2 aromatic carbocycles. The summed E-state index contributed by atoms with van der Waals surface area (Å²) in [5.74, 6) is -5.10. The molecule has 0 radical (unpaired) electrons. The van der Waals surface area contributed by atoms with E-state index in [9.17, 15) is 33.3 Å². The number of aryl methyl sites for hydroxylation is 1. The van der Waals surface area contributed by atoms with Gasteiger partial charge in [-0.05, 0) is 49.2 Å². The number of aromatic nitrogens is 3. The van der Waals surface area contributed by atoms with Gasteiger partial charge in [0, 0.05) is 29.4 Å². The van der Waals surface area contributed by atoms with Crippen LogP contribution in [0.4, 0.5) is 18.9 Å². The van der Waals surface area contributed by atoms with Crippen LogP contribution in [0.3, 0.4) is 0 Å². The molecule has 11 nitrogen and oxygen atoms in total. The molecule has 0 spiro atoms. The van der Waals surface area contributed by atoms with Gasteiger partial charge in [-0.2, -0.15) is 0 Å². The number of nitrogens with zero attached hydrogens (tertiary/aromatic N) is 4. The lowest BCUT2D eigenvalue weighted by Gasteiger charge is -2.46. The normalized spacial score (nSPS) is 27.7. The third-order valence-corrected chi connectivity index (χ3v) is 8.10. The van der Waals surface area contributed by atoms with E-state index in [2.05, 4.69) is 26.2 Å². The second-order valence-corrected chi connectivity index (χ2v) is 11.4. The van der Waals surface area contributed by atoms with Gasteiger partial charge in [0.15, 0.2) is 23.6 Å². The summed E-state index contributed by atoms with van der Waals surface area (Å²) in [5.41, 5.74) is 1.13. The van der Waals surface area contributed by atoms with E-state index in [1.165, 1.54) is 18.2 Å². The minimum atomic E-state index is -1.64. The predicted molar refractivity (Wildman–Crippen MR) is 149 cm³/mol. The maximum absolute atomic E-state index is 14.4. The molecule has 5 unspecified atom stereocenters. The first kappa shape index (κ1) is 31.5. The molecule has 1 amide bonds. The van der Waals surface area contributed by atoms with Crippen LogP contribution in [-0.2, 0) is 19.0 Å². The van der Waals surface area contributed by atoms with Crippen molar-refractivity contribution in [1.82, 2.24) is 15.0 Å². The smallest absolute Gasteiger partial charge is 0.259 e. The van der Waals surface area contributed by atoms with Gasteiger partial charge in [0.25, 0.3) is 5.91 Å². The highest BCUT2D eigenvalue weighted by Gasteiger charge is 2.52. The zero-order valence-electron chi connectivity index (χ0n) is 23.1. The van der Waals surface area contributed by atoms with Crippen molar-refractivity contribution in [3.8, 4) is 11.3 Å². The van der Waals surface area contributed by atoms with Crippen LogP contribution in [0.5, 0.6) is 0 Å². The van der Waals surface area contributed by atoms with Crippen molar-refractivity contribution in [3.63, 3.8) is 0 Å². The first-order valence-electron chi connectivity index (χ1n) is 13.4. The van der Waals surface area contributed by atoms with E-state index < -0.39 is 72.6 Å². The maximum Gasteiger partial charge on any atom is 0.259 e. The molecule has 15 heteroatoms. The van der Waals surface area contributed by atoms with Crippen LogP contribution in [-0.4, -0.2) is 99.7 Å². The van der Waals surface area contributed by atoms with Crippen LogP contribution < -0.4 is 4.90 Å². The molecule has 43 heavy (non-hydrogen) atoms. The third-order valence-electron chi connectivity index (χ3n) is 7.64. The largest absolute Gasteiger partial charge is 0.394 e. The number of rotatable bonds is 7. The van der Waals surface area contributed by atoms with Crippen LogP contribution in [0.2, 0.25) is 0 Å². The monoisotopic (exact) mass is 670 g/mol. The van der Waals surface area contributed by atoms with Gasteiger partial charge in [-0.1, -0.05) is 21.1 Å². The number of carbonyl (C=O) groups excluding carboxylic acids is 1. The zero-order chi connectivity index (χ0) is 31.0. The minimum Gasteiger partial charge on any atom is -0.394 e. The SMILES string of the molecule is COC1C(C(=O)N(c2cc(C)cc(Br)c2)[C@H]2CCOC[C@@H]2O)OC(CO)C(O)C1n1cc(-c2cc(F)c(F)c(F)c2)nn1. The Morgan fingerprint density at radius 3 is 2.53 bits per heavy atom. The Morgan fingerprint density at radius 1 is 1.19 bits per heavy atom. The molecule has 0 saturated carbocycles. The van der Waals surface area contributed by atoms with E-state index in [4.69, 9.17) is 14.2 Å². The highest BCUT2D eigenvalue weighted by molar-refractivity contribution is 9.10. The molecule has 3 aromatic rings. The molecule has 3 heterocycles. The predicted octanol–water partition coefficient (Wildman–Crippen LogP) is 2.29. The Labute approximate surface area is 252 Å². The number of anilines is 1. The number of halogens is 4. The average molecular weight is 671 g/mol. The van der Waals surface area contributed by atoms with Crippen LogP contribution in [0.15, 0.2) is 41.0 Å². The number of hydrogen-bond donors (Lipinski definition) is 3. The number of amides is 1. The third kappa shape index (κ3) is 6.20. The highest BCUT2D eigenvalue weighted by Crippen LogP contribution is 2.36. The average Bonchev–Trinajstić information content (AvgIpc) is 3.45. The molecule has 3 N–H and O–H groups in total. The molecule has 232 valence electrons. The van der Waals surface area contributed by atoms with Gasteiger partial charge in [-0.15, -0.1) is 5.10 Å². The second kappa shape index (κ2) is 13.0. The molecule has 7 atom stereocenters. The lowest BCUT2D eigenvalue weighted by Crippen LogP contribution is -2.63. The molecule has 2 saturated heterocycles. The fourth-order valence-corrected chi connectivity index (χ4v) is 6.20. The fraction of sp³-hybridized carbons (Fsp3) is 0.464. The van der Waals surface area contributed by atoms with Gasteiger partial charge in [-0.25, -0.2) is 17.9 Å². The van der Waals surface area contributed by atoms with Crippen LogP contribution >= 0.6 is 15.9 Å². The first-order valence-corrected chi connectivity index (χ1v) is 14.2. The van der Waals surface area contributed by atoms with Crippen molar-refractivity contribution in [2.75, 3.05) is 31.8 Å². The number of ether oxygens (including phenoxy) is 3. The molecule has 2 aliphatic rings. The lowest BCUT2D eigenvalue weighted by atomic mass is 9.90. The summed E-state index contributed by atoms with van der Waals surface area (Å²) in [6, 6.07) is 4.98. The van der Waals surface area contributed by atoms with E-state index >= 15 is 0 Å². The van der Waals surface area contributed by atoms with Gasteiger partial charge in [0.05, 0.1) is 31.6 Å². The minimum absolute atomic E-state index is 0.00751. The van der Waals surface area contributed by atoms with Crippen LogP contribution in [0.25, 0.3) is 11.3 Å². The summed E-state index contributed by atoms with van der Waals surface area (Å²) in [7, 11) is 1.30. The number of benzene rings is 2. The number of carbonyl (C=O) groups is 1. The Balaban J connectivity index is 1.55. The van der Waals surface area contributed by atoms with E-state index in [1.807, 2.05) is 13.0 Å². The van der Waals surface area contributed by atoms with Gasteiger partial charge < -0.3 is 34.4 Å². The first-order chi connectivity index (χ1) is 20.5. The van der Waals surface area contributed by atoms with Gasteiger partial charge >= 0.3 is 0 Å². The molecular formula is C28H30BrF3N4O7. The molecule has 0 aliphatic carbocycles. The summed E-state index contributed by atoms with van der Waals surface area (Å²) in [4.78, 5) is 15.9. The molecule has 2 aliphatic heterocycles. The molecule has 5 rings (SSSR count). The van der Waals surface area contributed by atoms with Gasteiger partial charge in [0.2, 0.25) is 0 Å². The summed E-state index contributed by atoms with van der Waals surface area (Å²) in [6.45, 7) is 1.48. The summed E-state index contributed by atoms with van der Waals surface area (Å²) in [6.07, 6.45) is -4.83. The van der Waals surface area contributed by atoms with Crippen molar-refractivity contribution in [1.29, 1.82) is 0 Å². The zero-order valence-corrected chi connectivity index (χ0v) is 24.7. The van der Waals surface area contributed by atoms with Crippen LogP contribution in [0, 0.1) is 24.4 Å². The number of aliphatic hydroxyl groups excluding tert-OH is 3. The molecule has 0 bridgehead atoms. The Bertz CT molecular complexity index is 1440. The molecular weight excluding hydrogens is 641 g/mol. The van der Waals surface area contributed by atoms with E-state index in [0.29, 0.717) is 23.2 Å². The molecule has 2 fully saturated rings. The van der Waals surface area contributed by atoms with Crippen LogP contribution in [0.1, 0.15) is 18.0 Å². The quantitative estimate of drug-likeness (QED) is 0.323. The Morgan fingerprint density at radius 2 is 1.91 bits per heavy atom. The number of hydrogen-bond acceptors (Lipinski definition) is 9. The van der Waals surface area contributed by atoms with Crippen molar-refractivity contribution in [3.05, 3.63) is 64.0 Å². The summed E-state index contributed by atoms with van der Waals surface area (Å²) < 4.78 is 60.2. The topological polar surface area (TPSA) is 139 Å². The lowest BCUT2D eigenvalue weighted by molar-refractivity contribution is -0.211. The van der Waals surface area contributed by atoms with E-state index in [0.717, 1.165) is 22.4 Å². The van der Waals surface area contributed by atoms with E-state index in [1.54, 1.807) is 12.1 Å². The van der Waals surface area contributed by atoms with Gasteiger partial charge in [-0.3, -0.25) is 4.79 Å². The van der Waals surface area contributed by atoms with Crippen molar-refractivity contribution >= 4 is 27.5 Å². The number of aliphatic hydroxyl groups is 3. The Kier molecular flexibility index (Phi) is 9.51. The second-order valence-electron chi connectivity index (χ2n) is 10.5. The van der Waals surface area contributed by atoms with E-state index in [-0.39, 0.29) is 17.9 Å². The van der Waals surface area contributed by atoms with Gasteiger partial charge in [0.1, 0.15) is 30.0 Å². The number of methoxy groups -OCH3 is 1. The maximum atomic E-state index is 14.4. The van der Waals surface area contributed by atoms with Crippen molar-refractivity contribution in [2.24, 2.45) is 0 Å². The standard InChI is InChI=1S/C28H30BrF3N4O7/c1-13-5-15(29)9-16(6-13)36(20-3-4-42-12-21(20)38)28(40)27-26(41-2)24(25(39)22(11-37)43-27)35-10-19(33-34-35)14-7-17(30)23(32)18(31)8-14/h5-10,20-22,24-27,37-39H,3-4,11-12H2,1-2H3/t20-,21-,22?,24?,25?,26?,27?/m0/s1. The summed E-state index contributed by atoms with van der Waals surface area (Å²) >= 11 is 3.46. The summed E-state index contributed by atoms with van der Waals surface area (Å²) in [5, 5.41) is 40.1. The Hall–Kier alpha value is -2.92.